The summed E-state index contributed by atoms with van der Waals surface area (Å²) >= 11 is 1.51. The number of piperidine rings is 1. The summed E-state index contributed by atoms with van der Waals surface area (Å²) in [5.74, 6) is 1.14. The number of para-hydroxylation sites is 1. The van der Waals surface area contributed by atoms with Crippen molar-refractivity contribution < 1.29 is 9.47 Å². The summed E-state index contributed by atoms with van der Waals surface area (Å²) < 4.78 is 12.1. The molecule has 0 aliphatic carbocycles. The summed E-state index contributed by atoms with van der Waals surface area (Å²) in [6, 6.07) is 8.14. The van der Waals surface area contributed by atoms with Crippen LogP contribution in [0.15, 0.2) is 29.1 Å². The zero-order valence-electron chi connectivity index (χ0n) is 18.1. The third-order valence-corrected chi connectivity index (χ3v) is 6.90. The molecule has 32 heavy (non-hydrogen) atoms. The second-order valence-corrected chi connectivity index (χ2v) is 9.21. The van der Waals surface area contributed by atoms with Gasteiger partial charge in [0.1, 0.15) is 16.4 Å². The van der Waals surface area contributed by atoms with Crippen LogP contribution < -0.4 is 21.1 Å². The minimum absolute atomic E-state index is 0.0538. The fourth-order valence-corrected chi connectivity index (χ4v) is 5.27. The highest BCUT2D eigenvalue weighted by atomic mass is 32.1. The number of aromatic nitrogens is 3. The fourth-order valence-electron chi connectivity index (χ4n) is 4.26. The lowest BCUT2D eigenvalue weighted by molar-refractivity contribution is -0.0104. The molecule has 1 aromatic carbocycles. The first-order valence-electron chi connectivity index (χ1n) is 11.0. The summed E-state index contributed by atoms with van der Waals surface area (Å²) in [6.07, 6.45) is 2.07. The molecule has 2 aliphatic heterocycles. The van der Waals surface area contributed by atoms with Crippen LogP contribution in [-0.2, 0) is 9.47 Å². The maximum atomic E-state index is 13.4. The Morgan fingerprint density at radius 3 is 3.06 bits per heavy atom. The van der Waals surface area contributed by atoms with Gasteiger partial charge in [-0.1, -0.05) is 12.1 Å². The van der Waals surface area contributed by atoms with Crippen LogP contribution in [0.3, 0.4) is 0 Å². The molecule has 0 bridgehead atoms. The zero-order valence-corrected chi connectivity index (χ0v) is 18.9. The number of benzene rings is 1. The van der Waals surface area contributed by atoms with Crippen LogP contribution in [0.4, 0.5) is 11.8 Å². The molecular formula is C22H28N6O3S. The monoisotopic (exact) mass is 456 g/mol. The van der Waals surface area contributed by atoms with Crippen LogP contribution in [0, 0.1) is 0 Å². The van der Waals surface area contributed by atoms with Gasteiger partial charge in [-0.05, 0) is 31.5 Å². The van der Waals surface area contributed by atoms with Crippen molar-refractivity contribution in [1.29, 1.82) is 0 Å². The van der Waals surface area contributed by atoms with Crippen molar-refractivity contribution in [3.05, 3.63) is 34.6 Å². The van der Waals surface area contributed by atoms with Crippen LogP contribution >= 0.6 is 11.3 Å². The number of morpholine rings is 1. The number of methoxy groups -OCH3 is 1. The standard InChI is InChI=1S/C22H28N6O3S/c1-30-13-15-12-28(9-10-31-15)22-26-19(24-14-5-4-8-23-11-14)18(20(29)27-22)21-25-16-6-2-3-7-17(16)32-21/h2-3,6-7,14-15,23H,4-5,8-13H2,1H3,(H2,24,26,27,29). The maximum Gasteiger partial charge on any atom is 0.264 e. The van der Waals surface area contributed by atoms with Crippen molar-refractivity contribution in [2.45, 2.75) is 25.0 Å². The van der Waals surface area contributed by atoms with E-state index in [-0.39, 0.29) is 17.7 Å². The van der Waals surface area contributed by atoms with Gasteiger partial charge in [-0.15, -0.1) is 11.3 Å². The number of nitrogens with one attached hydrogen (secondary N) is 3. The average molecular weight is 457 g/mol. The van der Waals surface area contributed by atoms with Crippen LogP contribution in [-0.4, -0.2) is 73.6 Å². The third kappa shape index (κ3) is 4.49. The first kappa shape index (κ1) is 21.3. The maximum absolute atomic E-state index is 13.4. The van der Waals surface area contributed by atoms with Crippen LogP contribution in [0.5, 0.6) is 0 Å². The Morgan fingerprint density at radius 2 is 2.25 bits per heavy atom. The molecule has 2 saturated heterocycles. The minimum atomic E-state index is -0.185. The first-order valence-corrected chi connectivity index (χ1v) is 11.9. The van der Waals surface area contributed by atoms with Crippen molar-refractivity contribution in [3.8, 4) is 10.6 Å². The Balaban J connectivity index is 1.53. The molecule has 170 valence electrons. The van der Waals surface area contributed by atoms with E-state index in [1.54, 1.807) is 7.11 Å². The number of H-pyrrole nitrogens is 1. The molecular weight excluding hydrogens is 428 g/mol. The lowest BCUT2D eigenvalue weighted by Crippen LogP contribution is -2.46. The molecule has 2 fully saturated rings. The zero-order chi connectivity index (χ0) is 21.9. The second kappa shape index (κ2) is 9.53. The molecule has 2 unspecified atom stereocenters. The van der Waals surface area contributed by atoms with Gasteiger partial charge in [0.15, 0.2) is 0 Å². The SMILES string of the molecule is COCC1CN(c2nc(NC3CCCNC3)c(-c3nc4ccccc4s3)c(=O)[nH]2)CCO1. The first-order chi connectivity index (χ1) is 15.7. The van der Waals surface area contributed by atoms with E-state index in [1.807, 2.05) is 24.3 Å². The Morgan fingerprint density at radius 1 is 1.34 bits per heavy atom. The summed E-state index contributed by atoms with van der Waals surface area (Å²) in [5, 5.41) is 7.64. The molecule has 0 radical (unpaired) electrons. The molecule has 0 amide bonds. The lowest BCUT2D eigenvalue weighted by atomic mass is 10.1. The number of ether oxygens (including phenoxy) is 2. The number of aromatic amines is 1. The van der Waals surface area contributed by atoms with Crippen molar-refractivity contribution in [2.75, 3.05) is 56.7 Å². The minimum Gasteiger partial charge on any atom is -0.382 e. The highest BCUT2D eigenvalue weighted by molar-refractivity contribution is 7.21. The molecule has 2 aliphatic rings. The van der Waals surface area contributed by atoms with E-state index >= 15 is 0 Å². The van der Waals surface area contributed by atoms with Crippen molar-refractivity contribution in [3.63, 3.8) is 0 Å². The van der Waals surface area contributed by atoms with E-state index < -0.39 is 0 Å². The van der Waals surface area contributed by atoms with Gasteiger partial charge in [0, 0.05) is 32.8 Å². The molecule has 3 N–H and O–H groups in total. The van der Waals surface area contributed by atoms with Crippen molar-refractivity contribution >= 4 is 33.3 Å². The molecule has 9 nitrogen and oxygen atoms in total. The molecule has 0 saturated carbocycles. The predicted molar refractivity (Wildman–Crippen MR) is 127 cm³/mol. The highest BCUT2D eigenvalue weighted by Gasteiger charge is 2.26. The lowest BCUT2D eigenvalue weighted by Gasteiger charge is -2.33. The van der Waals surface area contributed by atoms with Crippen LogP contribution in [0.2, 0.25) is 0 Å². The van der Waals surface area contributed by atoms with E-state index in [2.05, 4.69) is 20.5 Å². The van der Waals surface area contributed by atoms with Gasteiger partial charge in [-0.2, -0.15) is 4.98 Å². The van der Waals surface area contributed by atoms with E-state index in [4.69, 9.17) is 19.4 Å². The van der Waals surface area contributed by atoms with E-state index in [1.165, 1.54) is 11.3 Å². The van der Waals surface area contributed by atoms with E-state index in [0.717, 1.165) is 36.1 Å². The molecule has 2 aromatic heterocycles. The van der Waals surface area contributed by atoms with Gasteiger partial charge in [-0.3, -0.25) is 9.78 Å². The smallest absolute Gasteiger partial charge is 0.264 e. The molecule has 5 rings (SSSR count). The third-order valence-electron chi connectivity index (χ3n) is 5.84. The van der Waals surface area contributed by atoms with Gasteiger partial charge in [-0.25, -0.2) is 4.98 Å². The summed E-state index contributed by atoms with van der Waals surface area (Å²) in [5.41, 5.74) is 1.20. The average Bonchev–Trinajstić information content (AvgIpc) is 3.23. The summed E-state index contributed by atoms with van der Waals surface area (Å²) in [7, 11) is 1.66. The Kier molecular flexibility index (Phi) is 6.35. The molecule has 10 heteroatoms. The van der Waals surface area contributed by atoms with Crippen molar-refractivity contribution in [2.24, 2.45) is 0 Å². The Labute approximate surface area is 190 Å². The molecule has 3 aromatic rings. The molecule has 0 spiro atoms. The highest BCUT2D eigenvalue weighted by Crippen LogP contribution is 2.32. The number of hydrogen-bond donors (Lipinski definition) is 3. The van der Waals surface area contributed by atoms with Crippen LogP contribution in [0.25, 0.3) is 20.8 Å². The Bertz CT molecular complexity index is 1090. The molecule has 4 heterocycles. The van der Waals surface area contributed by atoms with Crippen LogP contribution in [0.1, 0.15) is 12.8 Å². The van der Waals surface area contributed by atoms with Gasteiger partial charge >= 0.3 is 0 Å². The Hall–Kier alpha value is -2.53. The number of anilines is 2. The number of fused-ring (bicyclic) bond motifs is 1. The number of rotatable bonds is 6. The summed E-state index contributed by atoms with van der Waals surface area (Å²) in [4.78, 5) is 28.0. The quantitative estimate of drug-likeness (QED) is 0.518. The topological polar surface area (TPSA) is 104 Å². The summed E-state index contributed by atoms with van der Waals surface area (Å²) in [6.45, 7) is 4.20. The normalized spacial score (nSPS) is 21.7. The number of thiazole rings is 1. The number of nitrogens with zero attached hydrogens (tertiary/aromatic N) is 3. The van der Waals surface area contributed by atoms with Gasteiger partial charge in [0.05, 0.1) is 29.5 Å². The number of hydrogen-bond acceptors (Lipinski definition) is 9. The van der Waals surface area contributed by atoms with E-state index in [0.29, 0.717) is 48.6 Å². The van der Waals surface area contributed by atoms with Crippen molar-refractivity contribution in [1.82, 2.24) is 20.3 Å². The van der Waals surface area contributed by atoms with Gasteiger partial charge in [0.25, 0.3) is 5.56 Å². The molecule has 2 atom stereocenters. The van der Waals surface area contributed by atoms with Gasteiger partial charge in [0.2, 0.25) is 5.95 Å². The largest absolute Gasteiger partial charge is 0.382 e. The second-order valence-electron chi connectivity index (χ2n) is 8.18. The predicted octanol–water partition coefficient (Wildman–Crippen LogP) is 2.06. The van der Waals surface area contributed by atoms with E-state index in [9.17, 15) is 4.79 Å². The fraction of sp³-hybridized carbons (Fsp3) is 0.500. The van der Waals surface area contributed by atoms with Gasteiger partial charge < -0.3 is 25.0 Å².